The van der Waals surface area contributed by atoms with Gasteiger partial charge in [-0.1, -0.05) is 41.7 Å². The fourth-order valence-corrected chi connectivity index (χ4v) is 8.32. The molecule has 5 heterocycles. The summed E-state index contributed by atoms with van der Waals surface area (Å²) >= 11 is 1.42. The minimum absolute atomic E-state index is 0.00282. The molecule has 0 saturated carbocycles. The minimum atomic E-state index is -1.27. The van der Waals surface area contributed by atoms with Crippen molar-refractivity contribution in [2.75, 3.05) is 63.1 Å². The summed E-state index contributed by atoms with van der Waals surface area (Å²) in [6.45, 7) is 6.03. The highest BCUT2D eigenvalue weighted by molar-refractivity contribution is 7.17. The lowest BCUT2D eigenvalue weighted by Crippen LogP contribution is -2.53. The molecule has 3 aliphatic rings. The second-order valence-corrected chi connectivity index (χ2v) is 14.7. The van der Waals surface area contributed by atoms with Crippen LogP contribution in [0.3, 0.4) is 0 Å². The maximum atomic E-state index is 14.2. The first-order valence-electron chi connectivity index (χ1n) is 17.5. The van der Waals surface area contributed by atoms with Crippen molar-refractivity contribution in [1.82, 2.24) is 24.3 Å². The van der Waals surface area contributed by atoms with Crippen molar-refractivity contribution in [3.63, 3.8) is 0 Å². The van der Waals surface area contributed by atoms with Gasteiger partial charge in [-0.05, 0) is 56.0 Å². The predicted octanol–water partition coefficient (Wildman–Crippen LogP) is 3.66. The van der Waals surface area contributed by atoms with E-state index in [1.165, 1.54) is 46.5 Å². The minimum Gasteiger partial charge on any atom is -0.437 e. The number of carbonyl (C=O) groups excluding carboxylic acids is 2. The van der Waals surface area contributed by atoms with Crippen LogP contribution in [0.25, 0.3) is 0 Å². The maximum Gasteiger partial charge on any atom is 0.280 e. The Morgan fingerprint density at radius 2 is 1.75 bits per heavy atom. The van der Waals surface area contributed by atoms with Gasteiger partial charge in [0.1, 0.15) is 22.8 Å². The molecule has 0 bridgehead atoms. The van der Waals surface area contributed by atoms with Gasteiger partial charge < -0.3 is 35.0 Å². The molecule has 0 aliphatic carbocycles. The monoisotopic (exact) mass is 731 g/mol. The first kappa shape index (κ1) is 35.5. The van der Waals surface area contributed by atoms with E-state index in [1.807, 2.05) is 42.2 Å². The van der Waals surface area contributed by atoms with Gasteiger partial charge in [0, 0.05) is 51.1 Å². The van der Waals surface area contributed by atoms with Crippen LogP contribution in [0, 0.1) is 18.7 Å². The molecule has 274 valence electrons. The zero-order chi connectivity index (χ0) is 36.4. The number of anilines is 2. The molecule has 2 amide bonds. The normalized spacial score (nSPS) is 20.5. The number of likely N-dealkylation sites (tertiary alicyclic amines) is 2. The molecule has 0 radical (unpaired) electrons. The number of aromatic nitrogens is 3. The highest BCUT2D eigenvalue weighted by Gasteiger charge is 2.42. The fraction of sp³-hybridized carbons (Fsp3) is 0.432. The molecule has 52 heavy (non-hydrogen) atoms. The summed E-state index contributed by atoms with van der Waals surface area (Å²) in [5.41, 5.74) is 5.69. The predicted molar refractivity (Wildman–Crippen MR) is 193 cm³/mol. The molecule has 4 aromatic rings. The molecule has 3 aliphatic heterocycles. The smallest absolute Gasteiger partial charge is 0.280 e. The third-order valence-corrected chi connectivity index (χ3v) is 11.4. The number of ether oxygens (including phenoxy) is 2. The molecule has 0 spiro atoms. The second-order valence-electron chi connectivity index (χ2n) is 13.7. The molecule has 13 nitrogen and oxygen atoms in total. The lowest BCUT2D eigenvalue weighted by Gasteiger charge is -2.43. The molecule has 7 rings (SSSR count). The number of nitrogen functional groups attached to an aromatic ring is 1. The Morgan fingerprint density at radius 3 is 2.46 bits per heavy atom. The third-order valence-electron chi connectivity index (χ3n) is 10.2. The molecule has 15 heteroatoms. The molecule has 0 unspecified atom stereocenters. The summed E-state index contributed by atoms with van der Waals surface area (Å²) in [7, 11) is 0. The lowest BCUT2D eigenvalue weighted by atomic mass is 9.79. The Morgan fingerprint density at radius 1 is 1.04 bits per heavy atom. The van der Waals surface area contributed by atoms with Gasteiger partial charge in [-0.15, -0.1) is 0 Å². The average Bonchev–Trinajstić information content (AvgIpc) is 3.57. The Hall–Kier alpha value is -4.86. The van der Waals surface area contributed by atoms with Crippen molar-refractivity contribution < 1.29 is 28.6 Å². The SMILES string of the molecule is Cc1nc(N2CCOCC2)sc1C(=O)N1CC[C@@H](C(=O)N2CCC(O)(Cn3cnc(Oc4ccc(F)cc4)c(N)c3=O)CC2)[C@H](c2ccccc2)C1. The van der Waals surface area contributed by atoms with Crippen LogP contribution in [0.1, 0.15) is 46.1 Å². The van der Waals surface area contributed by atoms with Crippen molar-refractivity contribution in [2.24, 2.45) is 5.92 Å². The summed E-state index contributed by atoms with van der Waals surface area (Å²) in [5.74, 6) is -0.887. The number of aryl methyl sites for hydroxylation is 1. The number of nitrogens with two attached hydrogens (primary N) is 1. The Labute approximate surface area is 304 Å². The molecule has 2 aromatic heterocycles. The van der Waals surface area contributed by atoms with E-state index in [9.17, 15) is 23.9 Å². The summed E-state index contributed by atoms with van der Waals surface area (Å²) < 4.78 is 25.6. The van der Waals surface area contributed by atoms with E-state index >= 15 is 0 Å². The number of hydrogen-bond acceptors (Lipinski definition) is 11. The number of rotatable bonds is 8. The van der Waals surface area contributed by atoms with Gasteiger partial charge in [-0.2, -0.15) is 0 Å². The highest BCUT2D eigenvalue weighted by atomic mass is 32.1. The summed E-state index contributed by atoms with van der Waals surface area (Å²) in [4.78, 5) is 56.5. The van der Waals surface area contributed by atoms with Crippen LogP contribution in [0.4, 0.5) is 15.2 Å². The first-order valence-corrected chi connectivity index (χ1v) is 18.3. The number of amides is 2. The Kier molecular flexibility index (Phi) is 10.3. The molecule has 2 atom stereocenters. The second kappa shape index (κ2) is 15.0. The molecular formula is C37H42FN7O6S. The number of aliphatic hydroxyl groups is 1. The molecular weight excluding hydrogens is 690 g/mol. The van der Waals surface area contributed by atoms with Crippen LogP contribution < -0.4 is 20.9 Å². The molecule has 3 saturated heterocycles. The zero-order valence-corrected chi connectivity index (χ0v) is 29.8. The number of hydrogen-bond donors (Lipinski definition) is 2. The van der Waals surface area contributed by atoms with Gasteiger partial charge in [-0.25, -0.2) is 14.4 Å². The fourth-order valence-electron chi connectivity index (χ4n) is 7.24. The topological polar surface area (TPSA) is 156 Å². The van der Waals surface area contributed by atoms with Crippen LogP contribution in [0.5, 0.6) is 11.6 Å². The van der Waals surface area contributed by atoms with Crippen LogP contribution in [-0.4, -0.2) is 99.3 Å². The van der Waals surface area contributed by atoms with E-state index < -0.39 is 17.0 Å². The van der Waals surface area contributed by atoms with Crippen LogP contribution >= 0.6 is 11.3 Å². The van der Waals surface area contributed by atoms with Gasteiger partial charge in [0.15, 0.2) is 10.8 Å². The number of morpholine rings is 1. The average molecular weight is 732 g/mol. The van der Waals surface area contributed by atoms with E-state index in [4.69, 9.17) is 20.2 Å². The zero-order valence-electron chi connectivity index (χ0n) is 28.9. The molecule has 3 N–H and O–H groups in total. The van der Waals surface area contributed by atoms with Crippen molar-refractivity contribution in [1.29, 1.82) is 0 Å². The van der Waals surface area contributed by atoms with E-state index in [-0.39, 0.29) is 60.4 Å². The van der Waals surface area contributed by atoms with Crippen LogP contribution in [-0.2, 0) is 16.1 Å². The van der Waals surface area contributed by atoms with Gasteiger partial charge in [0.25, 0.3) is 11.5 Å². The van der Waals surface area contributed by atoms with Crippen molar-refractivity contribution in [3.05, 3.63) is 93.2 Å². The van der Waals surface area contributed by atoms with E-state index in [0.717, 1.165) is 23.8 Å². The Bertz CT molecular complexity index is 1960. The third kappa shape index (κ3) is 7.52. The quantitative estimate of drug-likeness (QED) is 0.274. The number of thiazole rings is 1. The van der Waals surface area contributed by atoms with Gasteiger partial charge in [0.05, 0.1) is 31.1 Å². The Balaban J connectivity index is 1.01. The van der Waals surface area contributed by atoms with Crippen molar-refractivity contribution in [2.45, 2.75) is 44.2 Å². The molecule has 3 fully saturated rings. The standard InChI is InChI=1S/C37H42FN7O6S/c1-24-31(52-36(41-24)43-17-19-50-20-18-43)35(48)44-14-11-28(29(21-44)25-5-3-2-4-6-25)33(46)42-15-12-37(49,13-16-42)22-45-23-40-32(30(39)34(45)47)51-27-9-7-26(38)8-10-27/h2-10,23,28-29,49H,11-22,39H2,1H3/t28-,29+/m1/s1. The maximum absolute atomic E-state index is 14.2. The number of nitrogens with zero attached hydrogens (tertiary/aromatic N) is 6. The van der Waals surface area contributed by atoms with Gasteiger partial charge in [0.2, 0.25) is 11.8 Å². The number of carbonyl (C=O) groups is 2. The van der Waals surface area contributed by atoms with E-state index in [2.05, 4.69) is 9.88 Å². The number of benzene rings is 2. The van der Waals surface area contributed by atoms with Crippen LogP contribution in [0.15, 0.2) is 65.7 Å². The van der Waals surface area contributed by atoms with E-state index in [1.54, 1.807) is 4.90 Å². The number of piperidine rings is 2. The summed E-state index contributed by atoms with van der Waals surface area (Å²) in [6.07, 6.45) is 2.28. The van der Waals surface area contributed by atoms with E-state index in [0.29, 0.717) is 56.4 Å². The van der Waals surface area contributed by atoms with Crippen molar-refractivity contribution >= 4 is 34.0 Å². The van der Waals surface area contributed by atoms with Crippen LogP contribution in [0.2, 0.25) is 0 Å². The summed E-state index contributed by atoms with van der Waals surface area (Å²) in [5, 5.41) is 12.4. The largest absolute Gasteiger partial charge is 0.437 e. The first-order chi connectivity index (χ1) is 25.1. The van der Waals surface area contributed by atoms with Gasteiger partial charge in [-0.3, -0.25) is 19.0 Å². The number of halogens is 1. The highest BCUT2D eigenvalue weighted by Crippen LogP contribution is 2.37. The molecule has 2 aromatic carbocycles. The van der Waals surface area contributed by atoms with Gasteiger partial charge >= 0.3 is 0 Å². The lowest BCUT2D eigenvalue weighted by molar-refractivity contribution is -0.142. The summed E-state index contributed by atoms with van der Waals surface area (Å²) in [6, 6.07) is 15.1. The van der Waals surface area contributed by atoms with Crippen molar-refractivity contribution in [3.8, 4) is 11.6 Å².